The Balaban J connectivity index is 1.90. The number of unbranched alkanes of at least 4 members (excludes halogenated alkanes) is 5. The van der Waals surface area contributed by atoms with Crippen molar-refractivity contribution in [3.8, 4) is 0 Å². The van der Waals surface area contributed by atoms with Crippen LogP contribution in [0.3, 0.4) is 0 Å². The number of hydrogen-bond acceptors (Lipinski definition) is 2. The fourth-order valence-corrected chi connectivity index (χ4v) is 2.62. The molecule has 116 valence electrons. The molecule has 0 amide bonds. The first kappa shape index (κ1) is 17.5. The van der Waals surface area contributed by atoms with Crippen LogP contribution in [0.1, 0.15) is 71.1 Å². The molecule has 1 aliphatic heterocycles. The number of ether oxygens (including phenoxy) is 1. The molecular formula is C18H32O2. The summed E-state index contributed by atoms with van der Waals surface area (Å²) >= 11 is 0. The number of allylic oxidation sites excluding steroid dienone is 2. The maximum absolute atomic E-state index is 9.79. The SMILES string of the molecule is C=CC=CCC(O)CCC1OC1CCCCCCCC. The van der Waals surface area contributed by atoms with Crippen molar-refractivity contribution < 1.29 is 9.84 Å². The van der Waals surface area contributed by atoms with Gasteiger partial charge in [0.05, 0.1) is 18.3 Å². The Morgan fingerprint density at radius 2 is 1.80 bits per heavy atom. The third-order valence-electron chi connectivity index (χ3n) is 3.99. The minimum atomic E-state index is -0.231. The van der Waals surface area contributed by atoms with E-state index in [-0.39, 0.29) is 6.10 Å². The lowest BCUT2D eigenvalue weighted by molar-refractivity contribution is 0.160. The molecule has 1 aliphatic rings. The topological polar surface area (TPSA) is 32.8 Å². The molecule has 1 saturated heterocycles. The van der Waals surface area contributed by atoms with Crippen LogP contribution >= 0.6 is 0 Å². The van der Waals surface area contributed by atoms with Crippen molar-refractivity contribution in [3.63, 3.8) is 0 Å². The average Bonchev–Trinajstić information content (AvgIpc) is 3.19. The van der Waals surface area contributed by atoms with Crippen molar-refractivity contribution in [1.29, 1.82) is 0 Å². The van der Waals surface area contributed by atoms with Crippen LogP contribution in [0.2, 0.25) is 0 Å². The molecule has 3 atom stereocenters. The van der Waals surface area contributed by atoms with E-state index in [9.17, 15) is 5.11 Å². The Bertz CT molecular complexity index is 273. The summed E-state index contributed by atoms with van der Waals surface area (Å²) in [4.78, 5) is 0. The number of aliphatic hydroxyl groups is 1. The van der Waals surface area contributed by atoms with Gasteiger partial charge in [-0.3, -0.25) is 0 Å². The highest BCUT2D eigenvalue weighted by molar-refractivity contribution is 4.98. The zero-order valence-electron chi connectivity index (χ0n) is 13.1. The van der Waals surface area contributed by atoms with E-state index >= 15 is 0 Å². The van der Waals surface area contributed by atoms with Crippen molar-refractivity contribution in [2.45, 2.75) is 89.4 Å². The van der Waals surface area contributed by atoms with Crippen LogP contribution in [0, 0.1) is 0 Å². The predicted molar refractivity (Wildman–Crippen MR) is 85.8 cm³/mol. The summed E-state index contributed by atoms with van der Waals surface area (Å²) in [6.45, 7) is 5.87. The predicted octanol–water partition coefficient (Wildman–Crippen LogP) is 4.78. The molecule has 0 aromatic heterocycles. The third-order valence-corrected chi connectivity index (χ3v) is 3.99. The number of hydrogen-bond donors (Lipinski definition) is 1. The maximum Gasteiger partial charge on any atom is 0.0842 e. The van der Waals surface area contributed by atoms with Gasteiger partial charge in [0.1, 0.15) is 0 Å². The van der Waals surface area contributed by atoms with Crippen LogP contribution in [-0.4, -0.2) is 23.4 Å². The Labute approximate surface area is 124 Å². The number of aliphatic hydroxyl groups excluding tert-OH is 1. The van der Waals surface area contributed by atoms with Gasteiger partial charge in [-0.15, -0.1) is 0 Å². The van der Waals surface area contributed by atoms with E-state index in [1.54, 1.807) is 6.08 Å². The summed E-state index contributed by atoms with van der Waals surface area (Å²) in [5.74, 6) is 0. The quantitative estimate of drug-likeness (QED) is 0.299. The summed E-state index contributed by atoms with van der Waals surface area (Å²) in [6.07, 6.45) is 18.2. The van der Waals surface area contributed by atoms with Gasteiger partial charge >= 0.3 is 0 Å². The van der Waals surface area contributed by atoms with E-state index in [2.05, 4.69) is 13.5 Å². The molecular weight excluding hydrogens is 248 g/mol. The lowest BCUT2D eigenvalue weighted by Gasteiger charge is -2.05. The Hall–Kier alpha value is -0.600. The molecule has 0 bridgehead atoms. The normalized spacial score (nSPS) is 23.1. The lowest BCUT2D eigenvalue weighted by Crippen LogP contribution is -2.07. The van der Waals surface area contributed by atoms with Crippen molar-refractivity contribution >= 4 is 0 Å². The second-order valence-corrected chi connectivity index (χ2v) is 5.90. The Morgan fingerprint density at radius 1 is 1.10 bits per heavy atom. The van der Waals surface area contributed by atoms with E-state index < -0.39 is 0 Å². The molecule has 1 N–H and O–H groups in total. The van der Waals surface area contributed by atoms with Gasteiger partial charge in [-0.2, -0.15) is 0 Å². The average molecular weight is 280 g/mol. The first-order valence-electron chi connectivity index (χ1n) is 8.39. The van der Waals surface area contributed by atoms with Crippen LogP contribution in [-0.2, 0) is 4.74 Å². The smallest absolute Gasteiger partial charge is 0.0842 e. The van der Waals surface area contributed by atoms with Crippen LogP contribution < -0.4 is 0 Å². The number of epoxide rings is 1. The molecule has 2 heteroatoms. The van der Waals surface area contributed by atoms with Crippen molar-refractivity contribution in [3.05, 3.63) is 24.8 Å². The minimum absolute atomic E-state index is 0.231. The van der Waals surface area contributed by atoms with Crippen molar-refractivity contribution in [2.24, 2.45) is 0 Å². The summed E-state index contributed by atoms with van der Waals surface area (Å²) in [5, 5.41) is 9.79. The fourth-order valence-electron chi connectivity index (χ4n) is 2.62. The van der Waals surface area contributed by atoms with E-state index in [0.29, 0.717) is 12.2 Å². The summed E-state index contributed by atoms with van der Waals surface area (Å²) in [5.41, 5.74) is 0. The van der Waals surface area contributed by atoms with Crippen molar-refractivity contribution in [2.75, 3.05) is 0 Å². The number of rotatable bonds is 13. The standard InChI is InChI=1S/C18H32O2/c1-3-5-7-8-9-11-13-17-18(20-17)15-14-16(19)12-10-6-4-2/h4,6,10,16-19H,2-3,5,7-9,11-15H2,1H3. The highest BCUT2D eigenvalue weighted by Crippen LogP contribution is 2.31. The summed E-state index contributed by atoms with van der Waals surface area (Å²) in [6, 6.07) is 0. The van der Waals surface area contributed by atoms with Gasteiger partial charge in [0, 0.05) is 0 Å². The van der Waals surface area contributed by atoms with Crippen LogP contribution in [0.15, 0.2) is 24.8 Å². The van der Waals surface area contributed by atoms with E-state index in [1.165, 1.54) is 44.9 Å². The molecule has 0 radical (unpaired) electrons. The van der Waals surface area contributed by atoms with Crippen molar-refractivity contribution in [1.82, 2.24) is 0 Å². The molecule has 1 fully saturated rings. The molecule has 0 aromatic rings. The van der Waals surface area contributed by atoms with Crippen LogP contribution in [0.4, 0.5) is 0 Å². The largest absolute Gasteiger partial charge is 0.393 e. The van der Waals surface area contributed by atoms with Gasteiger partial charge in [0.2, 0.25) is 0 Å². The van der Waals surface area contributed by atoms with Gasteiger partial charge in [-0.25, -0.2) is 0 Å². The molecule has 3 unspecified atom stereocenters. The van der Waals surface area contributed by atoms with Crippen LogP contribution in [0.25, 0.3) is 0 Å². The van der Waals surface area contributed by atoms with Gasteiger partial charge in [-0.05, 0) is 25.7 Å². The second kappa shape index (κ2) is 11.1. The van der Waals surface area contributed by atoms with E-state index in [1.807, 2.05) is 12.2 Å². The molecule has 0 aromatic carbocycles. The minimum Gasteiger partial charge on any atom is -0.393 e. The molecule has 2 nitrogen and oxygen atoms in total. The van der Waals surface area contributed by atoms with Crippen LogP contribution in [0.5, 0.6) is 0 Å². The second-order valence-electron chi connectivity index (χ2n) is 5.90. The Morgan fingerprint density at radius 3 is 2.55 bits per heavy atom. The summed E-state index contributed by atoms with van der Waals surface area (Å²) in [7, 11) is 0. The molecule has 20 heavy (non-hydrogen) atoms. The van der Waals surface area contributed by atoms with Gasteiger partial charge < -0.3 is 9.84 Å². The van der Waals surface area contributed by atoms with E-state index in [0.717, 1.165) is 19.3 Å². The molecule has 0 saturated carbocycles. The maximum atomic E-state index is 9.79. The zero-order chi connectivity index (χ0) is 14.6. The van der Waals surface area contributed by atoms with E-state index in [4.69, 9.17) is 4.74 Å². The lowest BCUT2D eigenvalue weighted by atomic mass is 10.0. The highest BCUT2D eigenvalue weighted by Gasteiger charge is 2.37. The molecule has 0 aliphatic carbocycles. The molecule has 0 spiro atoms. The highest BCUT2D eigenvalue weighted by atomic mass is 16.6. The molecule has 1 rings (SSSR count). The Kier molecular flexibility index (Phi) is 9.69. The van der Waals surface area contributed by atoms with Gasteiger partial charge in [0.15, 0.2) is 0 Å². The first-order valence-corrected chi connectivity index (χ1v) is 8.39. The summed E-state index contributed by atoms with van der Waals surface area (Å²) < 4.78 is 5.68. The fraction of sp³-hybridized carbons (Fsp3) is 0.778. The molecule has 1 heterocycles. The van der Waals surface area contributed by atoms with Gasteiger partial charge in [0.25, 0.3) is 0 Å². The monoisotopic (exact) mass is 280 g/mol. The van der Waals surface area contributed by atoms with Gasteiger partial charge in [-0.1, -0.05) is 70.3 Å². The zero-order valence-corrected chi connectivity index (χ0v) is 13.1. The first-order chi connectivity index (χ1) is 9.77. The third kappa shape index (κ3) is 8.55.